The fourth-order valence-corrected chi connectivity index (χ4v) is 2.82. The number of unbranched alkanes of at least 4 members (excludes halogenated alkanes) is 11. The maximum absolute atomic E-state index is 11.5. The summed E-state index contributed by atoms with van der Waals surface area (Å²) in [5, 5.41) is 4.15. The molecule has 0 spiro atoms. The molecule has 6 nitrogen and oxygen atoms in total. The van der Waals surface area contributed by atoms with E-state index in [1.807, 2.05) is 0 Å². The number of ether oxygens (including phenoxy) is 1. The zero-order chi connectivity index (χ0) is 20.3. The number of carbonyl (C=O) groups excluding carboxylic acids is 2. The lowest BCUT2D eigenvalue weighted by Crippen LogP contribution is -2.12. The summed E-state index contributed by atoms with van der Waals surface area (Å²) in [6, 6.07) is 8.23. The number of hydrogen-bond acceptors (Lipinski definition) is 6. The number of hydrogen-bond donors (Lipinski definition) is 0. The molecule has 0 bridgehead atoms. The Morgan fingerprint density at radius 3 is 1.82 bits per heavy atom. The molecule has 1 aromatic rings. The van der Waals surface area contributed by atoms with Gasteiger partial charge in [0.15, 0.2) is 0 Å². The topological polar surface area (TPSA) is 71.1 Å². The second-order valence-electron chi connectivity index (χ2n) is 6.88. The quantitative estimate of drug-likeness (QED) is 0.137. The Hall–Kier alpha value is -2.08. The molecule has 158 valence electrons. The standard InChI is InChI=1S/C22H34O6/c1-2-3-4-5-6-7-8-9-10-11-12-16-19-25-22(24)27-28-26-21(23)20-17-14-13-15-18-20/h13-15,17-18H,2-12,16,19H2,1H3. The first-order valence-electron chi connectivity index (χ1n) is 10.5. The Morgan fingerprint density at radius 2 is 1.25 bits per heavy atom. The average Bonchev–Trinajstić information content (AvgIpc) is 2.72. The molecular weight excluding hydrogens is 360 g/mol. The second kappa shape index (κ2) is 17.0. The summed E-state index contributed by atoms with van der Waals surface area (Å²) >= 11 is 0. The lowest BCUT2D eigenvalue weighted by Gasteiger charge is -2.05. The monoisotopic (exact) mass is 394 g/mol. The van der Waals surface area contributed by atoms with Crippen LogP contribution in [-0.2, 0) is 19.6 Å². The molecule has 0 aromatic heterocycles. The minimum atomic E-state index is -1.02. The molecule has 0 heterocycles. The van der Waals surface area contributed by atoms with Gasteiger partial charge < -0.3 is 4.74 Å². The van der Waals surface area contributed by atoms with E-state index in [0.717, 1.165) is 19.3 Å². The Bertz CT molecular complexity index is 517. The van der Waals surface area contributed by atoms with Crippen LogP contribution in [0.3, 0.4) is 0 Å². The Morgan fingerprint density at radius 1 is 0.714 bits per heavy atom. The molecule has 0 fully saturated rings. The van der Waals surface area contributed by atoms with Crippen LogP contribution >= 0.6 is 0 Å². The summed E-state index contributed by atoms with van der Waals surface area (Å²) in [6.07, 6.45) is 13.8. The highest BCUT2D eigenvalue weighted by Gasteiger charge is 2.11. The van der Waals surface area contributed by atoms with Crippen LogP contribution in [0.25, 0.3) is 0 Å². The van der Waals surface area contributed by atoms with E-state index in [0.29, 0.717) is 0 Å². The molecule has 1 aromatic carbocycles. The van der Waals surface area contributed by atoms with E-state index in [-0.39, 0.29) is 12.2 Å². The van der Waals surface area contributed by atoms with Gasteiger partial charge >= 0.3 is 12.1 Å². The molecule has 1 rings (SSSR count). The predicted molar refractivity (Wildman–Crippen MR) is 106 cm³/mol. The smallest absolute Gasteiger partial charge is 0.432 e. The Kier molecular flexibility index (Phi) is 14.6. The SMILES string of the molecule is CCCCCCCCCCCCCCOC(=O)OOOC(=O)c1ccccc1. The summed E-state index contributed by atoms with van der Waals surface area (Å²) in [6.45, 7) is 2.50. The molecule has 0 aliphatic heterocycles. The van der Waals surface area contributed by atoms with Gasteiger partial charge in [0.2, 0.25) is 0 Å². The van der Waals surface area contributed by atoms with E-state index in [9.17, 15) is 9.59 Å². The van der Waals surface area contributed by atoms with Gasteiger partial charge in [-0.1, -0.05) is 95.8 Å². The van der Waals surface area contributed by atoms with Crippen LogP contribution in [0, 0.1) is 0 Å². The van der Waals surface area contributed by atoms with Gasteiger partial charge in [-0.2, -0.15) is 0 Å². The maximum Gasteiger partial charge on any atom is 0.543 e. The van der Waals surface area contributed by atoms with E-state index in [4.69, 9.17) is 4.74 Å². The zero-order valence-electron chi connectivity index (χ0n) is 17.0. The number of carbonyl (C=O) groups is 2. The summed E-state index contributed by atoms with van der Waals surface area (Å²) in [5.41, 5.74) is 0.288. The summed E-state index contributed by atoms with van der Waals surface area (Å²) in [7, 11) is 0. The molecule has 0 aliphatic carbocycles. The normalized spacial score (nSPS) is 10.5. The maximum atomic E-state index is 11.5. The third-order valence-corrected chi connectivity index (χ3v) is 4.44. The van der Waals surface area contributed by atoms with Gasteiger partial charge in [0.05, 0.1) is 17.2 Å². The fraction of sp³-hybridized carbons (Fsp3) is 0.636. The van der Waals surface area contributed by atoms with Crippen LogP contribution in [0.15, 0.2) is 30.3 Å². The van der Waals surface area contributed by atoms with Crippen molar-refractivity contribution in [2.24, 2.45) is 0 Å². The van der Waals surface area contributed by atoms with Crippen molar-refractivity contribution in [3.05, 3.63) is 35.9 Å². The van der Waals surface area contributed by atoms with Crippen LogP contribution in [-0.4, -0.2) is 18.7 Å². The van der Waals surface area contributed by atoms with Crippen molar-refractivity contribution in [3.8, 4) is 0 Å². The molecule has 0 N–H and O–H groups in total. The lowest BCUT2D eigenvalue weighted by atomic mass is 10.1. The van der Waals surface area contributed by atoms with Crippen LogP contribution in [0.2, 0.25) is 0 Å². The molecule has 0 aliphatic rings. The van der Waals surface area contributed by atoms with Crippen molar-refractivity contribution < 1.29 is 29.1 Å². The molecule has 0 radical (unpaired) electrons. The first-order valence-corrected chi connectivity index (χ1v) is 10.5. The van der Waals surface area contributed by atoms with E-state index >= 15 is 0 Å². The van der Waals surface area contributed by atoms with Crippen molar-refractivity contribution in [3.63, 3.8) is 0 Å². The van der Waals surface area contributed by atoms with Crippen LogP contribution < -0.4 is 0 Å². The largest absolute Gasteiger partial charge is 0.543 e. The van der Waals surface area contributed by atoms with Crippen molar-refractivity contribution in [1.29, 1.82) is 0 Å². The van der Waals surface area contributed by atoms with Gasteiger partial charge in [-0.25, -0.2) is 14.5 Å². The minimum Gasteiger partial charge on any atom is -0.432 e. The molecular formula is C22H34O6. The van der Waals surface area contributed by atoms with Gasteiger partial charge in [0.25, 0.3) is 0 Å². The van der Waals surface area contributed by atoms with Crippen LogP contribution in [0.5, 0.6) is 0 Å². The van der Waals surface area contributed by atoms with Crippen LogP contribution in [0.1, 0.15) is 94.3 Å². The third-order valence-electron chi connectivity index (χ3n) is 4.44. The van der Waals surface area contributed by atoms with Gasteiger partial charge in [0, 0.05) is 0 Å². The van der Waals surface area contributed by atoms with Crippen molar-refractivity contribution in [2.75, 3.05) is 6.61 Å². The van der Waals surface area contributed by atoms with Gasteiger partial charge in [-0.15, -0.1) is 0 Å². The minimum absolute atomic E-state index is 0.256. The van der Waals surface area contributed by atoms with Crippen molar-refractivity contribution >= 4 is 12.1 Å². The van der Waals surface area contributed by atoms with E-state index in [1.54, 1.807) is 30.3 Å². The predicted octanol–water partition coefficient (Wildman–Crippen LogP) is 6.54. The molecule has 0 atom stereocenters. The first-order chi connectivity index (χ1) is 13.7. The van der Waals surface area contributed by atoms with E-state index in [2.05, 4.69) is 21.7 Å². The molecule has 0 saturated heterocycles. The first kappa shape index (κ1) is 24.0. The van der Waals surface area contributed by atoms with Crippen LogP contribution in [0.4, 0.5) is 4.79 Å². The Labute approximate surface area is 168 Å². The zero-order valence-corrected chi connectivity index (χ0v) is 17.0. The number of rotatable bonds is 16. The van der Waals surface area contributed by atoms with Gasteiger partial charge in [-0.05, 0) is 18.6 Å². The van der Waals surface area contributed by atoms with E-state index < -0.39 is 12.1 Å². The number of benzene rings is 1. The highest BCUT2D eigenvalue weighted by molar-refractivity contribution is 5.88. The highest BCUT2D eigenvalue weighted by Crippen LogP contribution is 2.12. The summed E-state index contributed by atoms with van der Waals surface area (Å²) < 4.78 is 4.84. The highest BCUT2D eigenvalue weighted by atomic mass is 17.5. The third kappa shape index (κ3) is 13.1. The van der Waals surface area contributed by atoms with Gasteiger partial charge in [0.1, 0.15) is 0 Å². The van der Waals surface area contributed by atoms with Crippen molar-refractivity contribution in [1.82, 2.24) is 0 Å². The second-order valence-corrected chi connectivity index (χ2v) is 6.88. The van der Waals surface area contributed by atoms with Crippen molar-refractivity contribution in [2.45, 2.75) is 84.0 Å². The summed E-state index contributed by atoms with van der Waals surface area (Å²) in [4.78, 5) is 31.4. The average molecular weight is 395 g/mol. The lowest BCUT2D eigenvalue weighted by molar-refractivity contribution is -0.452. The fourth-order valence-electron chi connectivity index (χ4n) is 2.82. The molecule has 0 amide bonds. The molecule has 6 heteroatoms. The molecule has 0 saturated carbocycles. The summed E-state index contributed by atoms with van der Waals surface area (Å²) in [5.74, 6) is -0.755. The Balaban J connectivity index is 1.85. The van der Waals surface area contributed by atoms with Gasteiger partial charge in [-0.3, -0.25) is 4.89 Å². The molecule has 0 unspecified atom stereocenters. The van der Waals surface area contributed by atoms with E-state index in [1.165, 1.54) is 57.8 Å². The molecule has 28 heavy (non-hydrogen) atoms.